The maximum Gasteiger partial charge on any atom is 0.323 e. The van der Waals surface area contributed by atoms with Crippen LogP contribution in [0.4, 0.5) is 4.39 Å². The van der Waals surface area contributed by atoms with Crippen LogP contribution < -0.4 is 10.3 Å². The minimum atomic E-state index is -1.17. The average molecular weight is 312 g/mol. The molecule has 0 aliphatic heterocycles. The molecule has 2 rings (SSSR count). The quantitative estimate of drug-likeness (QED) is 0.941. The topological polar surface area (TPSA) is 68.5 Å². The molecule has 110 valence electrons. The highest BCUT2D eigenvalue weighted by atomic mass is 35.5. The number of hydrogen-bond donors (Lipinski definition) is 1. The SMILES string of the molecule is COc1cn(CC(=O)O)c(=O)cc1-c1cc(Cl)ccc1F. The van der Waals surface area contributed by atoms with Gasteiger partial charge in [0.05, 0.1) is 13.3 Å². The van der Waals surface area contributed by atoms with E-state index in [1.165, 1.54) is 31.5 Å². The van der Waals surface area contributed by atoms with Gasteiger partial charge in [0.25, 0.3) is 5.56 Å². The summed E-state index contributed by atoms with van der Waals surface area (Å²) >= 11 is 5.83. The highest BCUT2D eigenvalue weighted by Crippen LogP contribution is 2.32. The third kappa shape index (κ3) is 3.22. The lowest BCUT2D eigenvalue weighted by Crippen LogP contribution is -2.23. The molecule has 1 heterocycles. The number of carbonyl (C=O) groups is 1. The Kier molecular flexibility index (Phi) is 4.28. The number of carboxylic acid groups (broad SMARTS) is 1. The number of aromatic nitrogens is 1. The van der Waals surface area contributed by atoms with E-state index < -0.39 is 23.9 Å². The first-order chi connectivity index (χ1) is 9.92. The number of carboxylic acids is 1. The molecule has 7 heteroatoms. The van der Waals surface area contributed by atoms with E-state index in [0.29, 0.717) is 5.02 Å². The molecule has 0 fully saturated rings. The standard InChI is InChI=1S/C14H11ClFNO4/c1-21-12-6-17(7-14(19)20)13(18)5-10(12)9-4-8(15)2-3-11(9)16/h2-6H,7H2,1H3,(H,19,20). The minimum Gasteiger partial charge on any atom is -0.495 e. The number of halogens is 2. The Balaban J connectivity index is 2.64. The Morgan fingerprint density at radius 3 is 2.71 bits per heavy atom. The molecule has 0 saturated heterocycles. The average Bonchev–Trinajstić information content (AvgIpc) is 2.43. The van der Waals surface area contributed by atoms with Crippen LogP contribution in [0.3, 0.4) is 0 Å². The number of methoxy groups -OCH3 is 1. The van der Waals surface area contributed by atoms with Crippen LogP contribution in [0.2, 0.25) is 5.02 Å². The van der Waals surface area contributed by atoms with Crippen molar-refractivity contribution in [3.8, 4) is 16.9 Å². The first-order valence-corrected chi connectivity index (χ1v) is 6.26. The molecule has 1 aromatic carbocycles. The van der Waals surface area contributed by atoms with Crippen molar-refractivity contribution in [3.63, 3.8) is 0 Å². The van der Waals surface area contributed by atoms with Crippen LogP contribution in [-0.2, 0) is 11.3 Å². The highest BCUT2D eigenvalue weighted by molar-refractivity contribution is 6.30. The smallest absolute Gasteiger partial charge is 0.323 e. The van der Waals surface area contributed by atoms with Crippen molar-refractivity contribution in [2.24, 2.45) is 0 Å². The molecule has 0 spiro atoms. The second-order valence-corrected chi connectivity index (χ2v) is 4.68. The molecule has 21 heavy (non-hydrogen) atoms. The van der Waals surface area contributed by atoms with Crippen LogP contribution in [0.1, 0.15) is 0 Å². The molecular weight excluding hydrogens is 301 g/mol. The Labute approximate surface area is 124 Å². The molecular formula is C14H11ClFNO4. The molecule has 0 saturated carbocycles. The third-order valence-electron chi connectivity index (χ3n) is 2.83. The molecule has 0 radical (unpaired) electrons. The van der Waals surface area contributed by atoms with E-state index in [1.54, 1.807) is 0 Å². The van der Waals surface area contributed by atoms with Gasteiger partial charge in [-0.1, -0.05) is 11.6 Å². The summed E-state index contributed by atoms with van der Waals surface area (Å²) in [6, 6.07) is 5.06. The van der Waals surface area contributed by atoms with Gasteiger partial charge in [0, 0.05) is 22.2 Å². The van der Waals surface area contributed by atoms with Crippen molar-refractivity contribution in [2.75, 3.05) is 7.11 Å². The van der Waals surface area contributed by atoms with E-state index >= 15 is 0 Å². The zero-order valence-corrected chi connectivity index (χ0v) is 11.7. The highest BCUT2D eigenvalue weighted by Gasteiger charge is 2.15. The number of ether oxygens (including phenoxy) is 1. The summed E-state index contributed by atoms with van der Waals surface area (Å²) in [5.74, 6) is -1.55. The van der Waals surface area contributed by atoms with E-state index in [1.807, 2.05) is 0 Å². The van der Waals surface area contributed by atoms with Gasteiger partial charge in [0.15, 0.2) is 0 Å². The summed E-state index contributed by atoms with van der Waals surface area (Å²) in [7, 11) is 1.34. The van der Waals surface area contributed by atoms with Crippen molar-refractivity contribution < 1.29 is 19.0 Å². The van der Waals surface area contributed by atoms with Crippen LogP contribution >= 0.6 is 11.6 Å². The molecule has 0 unspecified atom stereocenters. The fourth-order valence-corrected chi connectivity index (χ4v) is 2.07. The normalized spacial score (nSPS) is 10.4. The van der Waals surface area contributed by atoms with Crippen molar-refractivity contribution >= 4 is 17.6 Å². The largest absolute Gasteiger partial charge is 0.495 e. The Hall–Kier alpha value is -2.34. The summed E-state index contributed by atoms with van der Waals surface area (Å²) in [6.07, 6.45) is 1.23. The lowest BCUT2D eigenvalue weighted by Gasteiger charge is -2.12. The van der Waals surface area contributed by atoms with Crippen molar-refractivity contribution in [3.05, 3.63) is 51.7 Å². The van der Waals surface area contributed by atoms with Gasteiger partial charge >= 0.3 is 5.97 Å². The van der Waals surface area contributed by atoms with Crippen LogP contribution in [0, 0.1) is 5.82 Å². The number of pyridine rings is 1. The van der Waals surface area contributed by atoms with E-state index in [4.69, 9.17) is 21.4 Å². The summed E-state index contributed by atoms with van der Waals surface area (Å²) in [4.78, 5) is 22.6. The predicted octanol–water partition coefficient (Wildman–Crippen LogP) is 2.40. The first kappa shape index (κ1) is 15.1. The van der Waals surface area contributed by atoms with Crippen molar-refractivity contribution in [1.82, 2.24) is 4.57 Å². The van der Waals surface area contributed by atoms with Crippen LogP contribution in [0.15, 0.2) is 35.3 Å². The predicted molar refractivity (Wildman–Crippen MR) is 75.3 cm³/mol. The molecule has 0 bridgehead atoms. The fourth-order valence-electron chi connectivity index (χ4n) is 1.90. The second-order valence-electron chi connectivity index (χ2n) is 4.24. The summed E-state index contributed by atoms with van der Waals surface area (Å²) < 4.78 is 20.0. The molecule has 5 nitrogen and oxygen atoms in total. The number of benzene rings is 1. The van der Waals surface area contributed by atoms with Crippen LogP contribution in [0.5, 0.6) is 5.75 Å². The first-order valence-electron chi connectivity index (χ1n) is 5.88. The van der Waals surface area contributed by atoms with Gasteiger partial charge in [-0.25, -0.2) is 4.39 Å². The Morgan fingerprint density at radius 2 is 2.10 bits per heavy atom. The van der Waals surface area contributed by atoms with Gasteiger partial charge < -0.3 is 14.4 Å². The maximum absolute atomic E-state index is 13.9. The Bertz CT molecular complexity index is 757. The Morgan fingerprint density at radius 1 is 1.38 bits per heavy atom. The molecule has 0 amide bonds. The third-order valence-corrected chi connectivity index (χ3v) is 3.07. The number of aliphatic carboxylic acids is 1. The molecule has 2 aromatic rings. The van der Waals surface area contributed by atoms with Gasteiger partial charge in [-0.15, -0.1) is 0 Å². The van der Waals surface area contributed by atoms with Gasteiger partial charge in [0.2, 0.25) is 0 Å². The zero-order chi connectivity index (χ0) is 15.6. The maximum atomic E-state index is 13.9. The lowest BCUT2D eigenvalue weighted by molar-refractivity contribution is -0.137. The van der Waals surface area contributed by atoms with Crippen LogP contribution in [0.25, 0.3) is 11.1 Å². The van der Waals surface area contributed by atoms with Gasteiger partial charge in [0.1, 0.15) is 18.1 Å². The van der Waals surface area contributed by atoms with E-state index in [0.717, 1.165) is 10.6 Å². The zero-order valence-electron chi connectivity index (χ0n) is 11.0. The van der Waals surface area contributed by atoms with E-state index in [9.17, 15) is 14.0 Å². The number of rotatable bonds is 4. The second kappa shape index (κ2) is 5.97. The van der Waals surface area contributed by atoms with Crippen molar-refractivity contribution in [1.29, 1.82) is 0 Å². The molecule has 1 N–H and O–H groups in total. The lowest BCUT2D eigenvalue weighted by atomic mass is 10.1. The van der Waals surface area contributed by atoms with Crippen molar-refractivity contribution in [2.45, 2.75) is 6.54 Å². The molecule has 1 aromatic heterocycles. The van der Waals surface area contributed by atoms with Gasteiger partial charge in [-0.3, -0.25) is 9.59 Å². The van der Waals surface area contributed by atoms with E-state index in [-0.39, 0.29) is 16.9 Å². The summed E-state index contributed by atoms with van der Waals surface area (Å²) in [5.41, 5.74) is -0.254. The number of hydrogen-bond acceptors (Lipinski definition) is 3. The van der Waals surface area contributed by atoms with Gasteiger partial charge in [-0.2, -0.15) is 0 Å². The van der Waals surface area contributed by atoms with E-state index in [2.05, 4.69) is 0 Å². The van der Waals surface area contributed by atoms with Crippen LogP contribution in [-0.4, -0.2) is 22.8 Å². The number of nitrogens with zero attached hydrogens (tertiary/aromatic N) is 1. The molecule has 0 aliphatic carbocycles. The monoisotopic (exact) mass is 311 g/mol. The minimum absolute atomic E-state index is 0.110. The fraction of sp³-hybridized carbons (Fsp3) is 0.143. The summed E-state index contributed by atoms with van der Waals surface area (Å²) in [5, 5.41) is 9.05. The molecule has 0 aliphatic rings. The summed E-state index contributed by atoms with van der Waals surface area (Å²) in [6.45, 7) is -0.506. The molecule has 0 atom stereocenters. The van der Waals surface area contributed by atoms with Gasteiger partial charge in [-0.05, 0) is 18.2 Å².